The molecule has 0 unspecified atom stereocenters. The zero-order chi connectivity index (χ0) is 22.2. The molecule has 2 aromatic rings. The van der Waals surface area contributed by atoms with Gasteiger partial charge in [-0.3, -0.25) is 9.59 Å². The third-order valence-corrected chi connectivity index (χ3v) is 6.43. The van der Waals surface area contributed by atoms with Crippen LogP contribution < -0.4 is 0 Å². The second-order valence-corrected chi connectivity index (χ2v) is 8.43. The molecular weight excluding hydrogens is 406 g/mol. The van der Waals surface area contributed by atoms with Crippen molar-refractivity contribution in [2.24, 2.45) is 11.3 Å². The first-order valence-electron chi connectivity index (χ1n) is 10.2. The van der Waals surface area contributed by atoms with Crippen molar-refractivity contribution in [3.8, 4) is 0 Å². The van der Waals surface area contributed by atoms with Crippen LogP contribution in [0.5, 0.6) is 0 Å². The summed E-state index contributed by atoms with van der Waals surface area (Å²) in [5.41, 5.74) is 1.29. The molecule has 4 rings (SSSR count). The summed E-state index contributed by atoms with van der Waals surface area (Å²) in [6.07, 6.45) is 4.88. The van der Waals surface area contributed by atoms with E-state index < -0.39 is 11.6 Å². The fourth-order valence-corrected chi connectivity index (χ4v) is 4.29. The predicted octanol–water partition coefficient (Wildman–Crippen LogP) is 2.96. The number of hydrogen-bond donors (Lipinski definition) is 0. The summed E-state index contributed by atoms with van der Waals surface area (Å²) in [5, 5.41) is 7.56. The summed E-state index contributed by atoms with van der Waals surface area (Å²) >= 11 is 0. The van der Waals surface area contributed by atoms with Crippen LogP contribution >= 0.6 is 0 Å². The van der Waals surface area contributed by atoms with Gasteiger partial charge in [-0.25, -0.2) is 13.4 Å². The van der Waals surface area contributed by atoms with Crippen LogP contribution in [0, 0.1) is 29.9 Å². The molecule has 2 fully saturated rings. The molecule has 1 spiro atoms. The van der Waals surface area contributed by atoms with Crippen molar-refractivity contribution < 1.29 is 23.0 Å². The molecule has 2 amide bonds. The molecule has 9 heteroatoms. The van der Waals surface area contributed by atoms with E-state index in [0.717, 1.165) is 37.5 Å². The number of carbonyl (C=O) groups is 2. The molecule has 31 heavy (non-hydrogen) atoms. The lowest BCUT2D eigenvalue weighted by atomic mass is 9.90. The van der Waals surface area contributed by atoms with Crippen molar-refractivity contribution in [3.05, 3.63) is 52.9 Å². The van der Waals surface area contributed by atoms with Gasteiger partial charge >= 0.3 is 0 Å². The Hall–Kier alpha value is -3.10. The van der Waals surface area contributed by atoms with Gasteiger partial charge in [-0.1, -0.05) is 10.3 Å². The maximum absolute atomic E-state index is 13.7. The topological polar surface area (TPSA) is 79.5 Å². The van der Waals surface area contributed by atoms with Crippen LogP contribution in [0.3, 0.4) is 0 Å². The molecule has 0 bridgehead atoms. The number of rotatable bonds is 5. The molecule has 1 saturated carbocycles. The van der Waals surface area contributed by atoms with E-state index >= 15 is 0 Å². The van der Waals surface area contributed by atoms with Crippen LogP contribution in [0.2, 0.25) is 0 Å². The van der Waals surface area contributed by atoms with E-state index in [1.165, 1.54) is 12.2 Å². The maximum Gasteiger partial charge on any atom is 0.246 e. The Morgan fingerprint density at radius 2 is 2.03 bits per heavy atom. The summed E-state index contributed by atoms with van der Waals surface area (Å²) in [4.78, 5) is 28.6. The van der Waals surface area contributed by atoms with Crippen molar-refractivity contribution in [3.63, 3.8) is 0 Å². The average molecular weight is 430 g/mol. The van der Waals surface area contributed by atoms with E-state index in [-0.39, 0.29) is 28.7 Å². The second kappa shape index (κ2) is 8.20. The van der Waals surface area contributed by atoms with Crippen LogP contribution in [-0.4, -0.2) is 52.1 Å². The molecule has 1 saturated heterocycles. The molecule has 1 atom stereocenters. The third kappa shape index (κ3) is 4.35. The maximum atomic E-state index is 13.7. The minimum absolute atomic E-state index is 0.0373. The molecule has 2 aliphatic rings. The Morgan fingerprint density at radius 3 is 2.71 bits per heavy atom. The van der Waals surface area contributed by atoms with Crippen LogP contribution in [0.25, 0.3) is 6.08 Å². The number of likely N-dealkylation sites (tertiary alicyclic amines) is 1. The largest absolute Gasteiger partial charge is 0.339 e. The van der Waals surface area contributed by atoms with Gasteiger partial charge in [-0.2, -0.15) is 0 Å². The van der Waals surface area contributed by atoms with E-state index in [2.05, 4.69) is 14.9 Å². The van der Waals surface area contributed by atoms with Gasteiger partial charge in [0.05, 0.1) is 6.54 Å². The van der Waals surface area contributed by atoms with Crippen molar-refractivity contribution >= 4 is 17.9 Å². The Kier molecular flexibility index (Phi) is 5.60. The van der Waals surface area contributed by atoms with Crippen molar-refractivity contribution in [1.29, 1.82) is 0 Å². The second-order valence-electron chi connectivity index (χ2n) is 8.43. The average Bonchev–Trinajstić information content (AvgIpc) is 3.30. The molecule has 0 radical (unpaired) electrons. The standard InChI is InChI=1S/C22H24F2N4O3/c1-14-19(26-31-25-14)13-27(2)21(30)17-12-22(17)7-9-28(10-8-22)20(29)6-3-15-11-16(23)4-5-18(15)24/h3-6,11,17H,7-10,12-13H2,1-2H3/b6-3+/t17-/m1/s1. The van der Waals surface area contributed by atoms with Crippen molar-refractivity contribution in [1.82, 2.24) is 20.1 Å². The Morgan fingerprint density at radius 1 is 1.29 bits per heavy atom. The summed E-state index contributed by atoms with van der Waals surface area (Å²) < 4.78 is 31.7. The number of halogens is 2. The first-order valence-corrected chi connectivity index (χ1v) is 10.2. The third-order valence-electron chi connectivity index (χ3n) is 6.43. The van der Waals surface area contributed by atoms with Crippen LogP contribution in [-0.2, 0) is 16.1 Å². The lowest BCUT2D eigenvalue weighted by Gasteiger charge is -2.32. The SMILES string of the molecule is Cc1nonc1CN(C)C(=O)[C@H]1CC12CCN(C(=O)/C=C/c1cc(F)ccc1F)CC2. The fraction of sp³-hybridized carbons (Fsp3) is 0.455. The monoisotopic (exact) mass is 430 g/mol. The number of aromatic nitrogens is 2. The summed E-state index contributed by atoms with van der Waals surface area (Å²) in [6, 6.07) is 3.12. The summed E-state index contributed by atoms with van der Waals surface area (Å²) in [6.45, 7) is 3.21. The van der Waals surface area contributed by atoms with Crippen LogP contribution in [0.15, 0.2) is 28.9 Å². The number of benzene rings is 1. The zero-order valence-electron chi connectivity index (χ0n) is 17.5. The van der Waals surface area contributed by atoms with Crippen LogP contribution in [0.4, 0.5) is 8.78 Å². The van der Waals surface area contributed by atoms with E-state index in [0.29, 0.717) is 31.0 Å². The first kappa shape index (κ1) is 21.1. The van der Waals surface area contributed by atoms with Crippen molar-refractivity contribution in [2.45, 2.75) is 32.7 Å². The molecule has 1 aliphatic carbocycles. The van der Waals surface area contributed by atoms with Gasteiger partial charge < -0.3 is 9.80 Å². The zero-order valence-corrected chi connectivity index (χ0v) is 17.5. The Labute approximate surface area is 178 Å². The van der Waals surface area contributed by atoms with Crippen LogP contribution in [0.1, 0.15) is 36.2 Å². The number of amides is 2. The van der Waals surface area contributed by atoms with Gasteiger partial charge in [0, 0.05) is 37.7 Å². The van der Waals surface area contributed by atoms with Gasteiger partial charge in [0.15, 0.2) is 0 Å². The number of nitrogens with zero attached hydrogens (tertiary/aromatic N) is 4. The predicted molar refractivity (Wildman–Crippen MR) is 107 cm³/mol. The Balaban J connectivity index is 1.30. The number of carbonyl (C=O) groups excluding carboxylic acids is 2. The molecule has 1 aliphatic heterocycles. The minimum atomic E-state index is -0.580. The molecular formula is C22H24F2N4O3. The van der Waals surface area contributed by atoms with E-state index in [1.54, 1.807) is 23.8 Å². The molecule has 1 aromatic heterocycles. The lowest BCUT2D eigenvalue weighted by Crippen LogP contribution is -2.40. The summed E-state index contributed by atoms with van der Waals surface area (Å²) in [5.74, 6) is -1.36. The molecule has 0 N–H and O–H groups in total. The fourth-order valence-electron chi connectivity index (χ4n) is 4.29. The van der Waals surface area contributed by atoms with Gasteiger partial charge in [0.25, 0.3) is 0 Å². The highest BCUT2D eigenvalue weighted by Gasteiger charge is 2.59. The highest BCUT2D eigenvalue weighted by Crippen LogP contribution is 2.60. The highest BCUT2D eigenvalue weighted by molar-refractivity contribution is 5.92. The number of piperidine rings is 1. The quantitative estimate of drug-likeness (QED) is 0.682. The van der Waals surface area contributed by atoms with Gasteiger partial charge in [0.1, 0.15) is 23.0 Å². The van der Waals surface area contributed by atoms with Gasteiger partial charge in [-0.15, -0.1) is 0 Å². The van der Waals surface area contributed by atoms with Gasteiger partial charge in [0.2, 0.25) is 11.8 Å². The van der Waals surface area contributed by atoms with Crippen molar-refractivity contribution in [2.75, 3.05) is 20.1 Å². The lowest BCUT2D eigenvalue weighted by molar-refractivity contribution is -0.133. The van der Waals surface area contributed by atoms with Gasteiger partial charge in [-0.05, 0) is 55.9 Å². The Bertz CT molecular complexity index is 1030. The van der Waals surface area contributed by atoms with E-state index in [1.807, 2.05) is 0 Å². The molecule has 7 nitrogen and oxygen atoms in total. The van der Waals surface area contributed by atoms with E-state index in [9.17, 15) is 18.4 Å². The first-order chi connectivity index (χ1) is 14.8. The summed E-state index contributed by atoms with van der Waals surface area (Å²) in [7, 11) is 1.75. The minimum Gasteiger partial charge on any atom is -0.339 e. The normalized spacial score (nSPS) is 19.7. The number of hydrogen-bond acceptors (Lipinski definition) is 5. The molecule has 1 aromatic carbocycles. The number of aryl methyl sites for hydroxylation is 1. The smallest absolute Gasteiger partial charge is 0.246 e. The molecule has 2 heterocycles. The molecule has 164 valence electrons. The highest BCUT2D eigenvalue weighted by atomic mass is 19.1. The van der Waals surface area contributed by atoms with E-state index in [4.69, 9.17) is 0 Å².